The summed E-state index contributed by atoms with van der Waals surface area (Å²) < 4.78 is 6.58. The number of carbonyl (C=O) groups excluding carboxylic acids is 2. The molecule has 1 amide bonds. The summed E-state index contributed by atoms with van der Waals surface area (Å²) >= 11 is 12.1. The first-order valence-corrected chi connectivity index (χ1v) is 8.73. The Kier molecular flexibility index (Phi) is 5.78. The van der Waals surface area contributed by atoms with Crippen LogP contribution in [0.2, 0.25) is 10.0 Å². The van der Waals surface area contributed by atoms with E-state index in [-0.39, 0.29) is 5.91 Å². The number of nitrogens with one attached hydrogen (secondary N) is 1. The molecule has 1 heterocycles. The number of amides is 1. The highest BCUT2D eigenvalue weighted by molar-refractivity contribution is 6.35. The molecule has 0 unspecified atom stereocenters. The summed E-state index contributed by atoms with van der Waals surface area (Å²) in [6, 6.07) is 13.2. The quantitative estimate of drug-likeness (QED) is 0.505. The second kappa shape index (κ2) is 8.24. The maximum absolute atomic E-state index is 12.5. The van der Waals surface area contributed by atoms with Gasteiger partial charge in [-0.1, -0.05) is 29.3 Å². The highest BCUT2D eigenvalue weighted by atomic mass is 35.5. The van der Waals surface area contributed by atoms with Crippen molar-refractivity contribution in [2.45, 2.75) is 13.5 Å². The minimum atomic E-state index is -0.419. The van der Waals surface area contributed by atoms with Gasteiger partial charge in [0.25, 0.3) is 5.91 Å². The Morgan fingerprint density at radius 3 is 2.52 bits per heavy atom. The maximum atomic E-state index is 12.5. The molecule has 138 valence electrons. The molecule has 2 aromatic carbocycles. The SMILES string of the molecule is CC(=O)Oc1ccc(C(=O)Nc2ccnn2Cc2ccc(Cl)cc2Cl)cc1. The summed E-state index contributed by atoms with van der Waals surface area (Å²) in [4.78, 5) is 23.4. The molecule has 0 saturated carbocycles. The molecule has 3 rings (SSSR count). The van der Waals surface area contributed by atoms with Crippen LogP contribution in [0, 0.1) is 0 Å². The van der Waals surface area contributed by atoms with Crippen LogP contribution in [0.1, 0.15) is 22.8 Å². The first-order chi connectivity index (χ1) is 12.9. The van der Waals surface area contributed by atoms with E-state index in [1.54, 1.807) is 53.3 Å². The monoisotopic (exact) mass is 403 g/mol. The molecule has 0 aliphatic carbocycles. The summed E-state index contributed by atoms with van der Waals surface area (Å²) in [6.07, 6.45) is 1.59. The number of rotatable bonds is 5. The molecule has 1 aromatic heterocycles. The molecule has 0 saturated heterocycles. The van der Waals surface area contributed by atoms with Gasteiger partial charge in [0.15, 0.2) is 0 Å². The number of anilines is 1. The van der Waals surface area contributed by atoms with E-state index in [1.165, 1.54) is 6.92 Å². The molecule has 0 fully saturated rings. The Bertz CT molecular complexity index is 984. The van der Waals surface area contributed by atoms with Crippen molar-refractivity contribution in [2.75, 3.05) is 5.32 Å². The molecule has 0 spiro atoms. The van der Waals surface area contributed by atoms with E-state index in [0.717, 1.165) is 5.56 Å². The van der Waals surface area contributed by atoms with Crippen molar-refractivity contribution in [3.05, 3.63) is 75.9 Å². The molecular formula is C19H15Cl2N3O3. The minimum absolute atomic E-state index is 0.312. The molecule has 1 N–H and O–H groups in total. The average molecular weight is 404 g/mol. The fourth-order valence-electron chi connectivity index (χ4n) is 2.40. The Morgan fingerprint density at radius 2 is 1.85 bits per heavy atom. The zero-order valence-corrected chi connectivity index (χ0v) is 15.8. The van der Waals surface area contributed by atoms with Gasteiger partial charge >= 0.3 is 5.97 Å². The number of carbonyl (C=O) groups is 2. The van der Waals surface area contributed by atoms with Crippen LogP contribution >= 0.6 is 23.2 Å². The van der Waals surface area contributed by atoms with E-state index in [4.69, 9.17) is 27.9 Å². The summed E-state index contributed by atoms with van der Waals surface area (Å²) in [5.41, 5.74) is 1.24. The van der Waals surface area contributed by atoms with Crippen LogP contribution in [-0.4, -0.2) is 21.7 Å². The first-order valence-electron chi connectivity index (χ1n) is 7.98. The van der Waals surface area contributed by atoms with E-state index in [0.29, 0.717) is 33.7 Å². The number of nitrogens with zero attached hydrogens (tertiary/aromatic N) is 2. The average Bonchev–Trinajstić information content (AvgIpc) is 3.04. The molecule has 0 aliphatic heterocycles. The Balaban J connectivity index is 1.72. The van der Waals surface area contributed by atoms with E-state index in [9.17, 15) is 9.59 Å². The predicted molar refractivity (Wildman–Crippen MR) is 103 cm³/mol. The van der Waals surface area contributed by atoms with Gasteiger partial charge in [0, 0.05) is 28.6 Å². The number of aromatic nitrogens is 2. The minimum Gasteiger partial charge on any atom is -0.427 e. The third kappa shape index (κ3) is 4.87. The van der Waals surface area contributed by atoms with Gasteiger partial charge in [-0.05, 0) is 42.0 Å². The Labute approximate surface area is 165 Å². The predicted octanol–water partition coefficient (Wildman–Crippen LogP) is 4.42. The van der Waals surface area contributed by atoms with Gasteiger partial charge < -0.3 is 10.1 Å². The smallest absolute Gasteiger partial charge is 0.308 e. The lowest BCUT2D eigenvalue weighted by Gasteiger charge is -2.11. The van der Waals surface area contributed by atoms with Crippen LogP contribution in [0.3, 0.4) is 0 Å². The van der Waals surface area contributed by atoms with Gasteiger partial charge in [0.05, 0.1) is 12.7 Å². The van der Waals surface area contributed by atoms with E-state index in [2.05, 4.69) is 10.4 Å². The van der Waals surface area contributed by atoms with Crippen molar-refractivity contribution in [1.82, 2.24) is 9.78 Å². The standard InChI is InChI=1S/C19H15Cl2N3O3/c1-12(25)27-16-6-3-13(4-7-16)19(26)23-18-8-9-22-24(18)11-14-2-5-15(20)10-17(14)21/h2-10H,11H2,1H3,(H,23,26). The second-order valence-corrected chi connectivity index (χ2v) is 6.53. The number of ether oxygens (including phenoxy) is 1. The van der Waals surface area contributed by atoms with Crippen molar-refractivity contribution < 1.29 is 14.3 Å². The van der Waals surface area contributed by atoms with Crippen molar-refractivity contribution >= 4 is 40.9 Å². The van der Waals surface area contributed by atoms with Gasteiger partial charge in [-0.25, -0.2) is 4.68 Å². The zero-order chi connectivity index (χ0) is 19.4. The van der Waals surface area contributed by atoms with Crippen LogP contribution in [-0.2, 0) is 11.3 Å². The molecule has 6 nitrogen and oxygen atoms in total. The van der Waals surface area contributed by atoms with Crippen molar-refractivity contribution in [3.8, 4) is 5.75 Å². The highest BCUT2D eigenvalue weighted by Crippen LogP contribution is 2.23. The lowest BCUT2D eigenvalue weighted by atomic mass is 10.2. The summed E-state index contributed by atoms with van der Waals surface area (Å²) in [5.74, 6) is 0.168. The summed E-state index contributed by atoms with van der Waals surface area (Å²) in [7, 11) is 0. The topological polar surface area (TPSA) is 73.2 Å². The van der Waals surface area contributed by atoms with Gasteiger partial charge in [-0.2, -0.15) is 5.10 Å². The third-order valence-electron chi connectivity index (χ3n) is 3.67. The van der Waals surface area contributed by atoms with Crippen LogP contribution in [0.5, 0.6) is 5.75 Å². The lowest BCUT2D eigenvalue weighted by molar-refractivity contribution is -0.131. The van der Waals surface area contributed by atoms with Crippen LogP contribution in [0.25, 0.3) is 0 Å². The summed E-state index contributed by atoms with van der Waals surface area (Å²) in [6.45, 7) is 1.69. The normalized spacial score (nSPS) is 10.5. The summed E-state index contributed by atoms with van der Waals surface area (Å²) in [5, 5.41) is 8.10. The number of hydrogen-bond donors (Lipinski definition) is 1. The van der Waals surface area contributed by atoms with Gasteiger partial charge in [-0.15, -0.1) is 0 Å². The molecule has 0 aliphatic rings. The third-order valence-corrected chi connectivity index (χ3v) is 4.26. The Hall–Kier alpha value is -2.83. The van der Waals surface area contributed by atoms with E-state index >= 15 is 0 Å². The highest BCUT2D eigenvalue weighted by Gasteiger charge is 2.12. The molecule has 0 radical (unpaired) electrons. The van der Waals surface area contributed by atoms with Crippen molar-refractivity contribution in [2.24, 2.45) is 0 Å². The van der Waals surface area contributed by atoms with Crippen molar-refractivity contribution in [1.29, 1.82) is 0 Å². The number of hydrogen-bond acceptors (Lipinski definition) is 4. The van der Waals surface area contributed by atoms with Crippen LogP contribution in [0.15, 0.2) is 54.7 Å². The van der Waals surface area contributed by atoms with E-state index in [1.807, 2.05) is 6.07 Å². The largest absolute Gasteiger partial charge is 0.427 e. The molecule has 27 heavy (non-hydrogen) atoms. The number of esters is 1. The molecule has 3 aromatic rings. The Morgan fingerprint density at radius 1 is 1.11 bits per heavy atom. The number of halogens is 2. The zero-order valence-electron chi connectivity index (χ0n) is 14.3. The fourth-order valence-corrected chi connectivity index (χ4v) is 2.87. The van der Waals surface area contributed by atoms with Gasteiger partial charge in [0.1, 0.15) is 11.6 Å². The van der Waals surface area contributed by atoms with Crippen molar-refractivity contribution in [3.63, 3.8) is 0 Å². The van der Waals surface area contributed by atoms with Gasteiger partial charge in [0.2, 0.25) is 0 Å². The second-order valence-electron chi connectivity index (χ2n) is 5.68. The van der Waals surface area contributed by atoms with Crippen LogP contribution in [0.4, 0.5) is 5.82 Å². The maximum Gasteiger partial charge on any atom is 0.308 e. The van der Waals surface area contributed by atoms with Gasteiger partial charge in [-0.3, -0.25) is 9.59 Å². The molecule has 8 heteroatoms. The molecule has 0 atom stereocenters. The van der Waals surface area contributed by atoms with E-state index < -0.39 is 5.97 Å². The molecular weight excluding hydrogens is 389 g/mol. The first kappa shape index (κ1) is 18.9. The lowest BCUT2D eigenvalue weighted by Crippen LogP contribution is -2.16. The molecule has 0 bridgehead atoms. The number of benzene rings is 2. The van der Waals surface area contributed by atoms with Crippen LogP contribution < -0.4 is 10.1 Å². The fraction of sp³-hybridized carbons (Fsp3) is 0.105.